The van der Waals surface area contributed by atoms with Gasteiger partial charge in [-0.2, -0.15) is 0 Å². The summed E-state index contributed by atoms with van der Waals surface area (Å²) in [6.45, 7) is 7.38. The number of hydrogen-bond acceptors (Lipinski definition) is 6. The largest absolute Gasteiger partial charge is 0.454 e. The van der Waals surface area contributed by atoms with Gasteiger partial charge in [0.25, 0.3) is 5.91 Å². The predicted octanol–water partition coefficient (Wildman–Crippen LogP) is 2.30. The van der Waals surface area contributed by atoms with Crippen LogP contribution in [0, 0.1) is 17.3 Å². The molecule has 2 atom stereocenters. The van der Waals surface area contributed by atoms with Crippen LogP contribution in [-0.2, 0) is 14.4 Å². The fourth-order valence-corrected chi connectivity index (χ4v) is 5.61. The first-order valence-electron chi connectivity index (χ1n) is 13.6. The molecule has 1 unspecified atom stereocenters. The quantitative estimate of drug-likeness (QED) is 0.532. The number of nitrogens with two attached hydrogens (primary N) is 1. The molecule has 4 amide bonds. The highest BCUT2D eigenvalue weighted by Crippen LogP contribution is 2.34. The molecule has 2 heterocycles. The number of rotatable bonds is 8. The molecule has 0 bridgehead atoms. The van der Waals surface area contributed by atoms with Crippen molar-refractivity contribution < 1.29 is 28.7 Å². The van der Waals surface area contributed by atoms with Gasteiger partial charge in [-0.15, -0.1) is 0 Å². The van der Waals surface area contributed by atoms with Crippen molar-refractivity contribution in [1.29, 1.82) is 0 Å². The van der Waals surface area contributed by atoms with E-state index in [-0.39, 0.29) is 30.9 Å². The normalized spacial score (nSPS) is 19.2. The van der Waals surface area contributed by atoms with Crippen LogP contribution in [0.5, 0.6) is 11.5 Å². The summed E-state index contributed by atoms with van der Waals surface area (Å²) in [5, 5.41) is 2.97. The topological polar surface area (TPSA) is 131 Å². The molecule has 10 heteroatoms. The molecule has 38 heavy (non-hydrogen) atoms. The fraction of sp³-hybridized carbons (Fsp3) is 0.643. The lowest BCUT2D eigenvalue weighted by molar-refractivity contribution is -0.142. The Kier molecular flexibility index (Phi) is 8.47. The highest BCUT2D eigenvalue weighted by Gasteiger charge is 2.39. The van der Waals surface area contributed by atoms with E-state index in [4.69, 9.17) is 15.2 Å². The molecule has 208 valence electrons. The monoisotopic (exact) mass is 528 g/mol. The van der Waals surface area contributed by atoms with Crippen LogP contribution in [0.15, 0.2) is 18.2 Å². The highest BCUT2D eigenvalue weighted by atomic mass is 16.7. The molecule has 4 rings (SSSR count). The third kappa shape index (κ3) is 6.57. The molecule has 1 aromatic rings. The second-order valence-corrected chi connectivity index (χ2v) is 11.7. The van der Waals surface area contributed by atoms with Crippen LogP contribution in [0.25, 0.3) is 0 Å². The Labute approximate surface area is 224 Å². The number of nitrogens with one attached hydrogen (secondary N) is 1. The van der Waals surface area contributed by atoms with Gasteiger partial charge in [-0.25, -0.2) is 0 Å². The molecule has 0 spiro atoms. The van der Waals surface area contributed by atoms with Crippen molar-refractivity contribution in [2.45, 2.75) is 65.3 Å². The van der Waals surface area contributed by atoms with Crippen molar-refractivity contribution in [3.63, 3.8) is 0 Å². The summed E-state index contributed by atoms with van der Waals surface area (Å²) in [5.41, 5.74) is 5.43. The predicted molar refractivity (Wildman–Crippen MR) is 140 cm³/mol. The maximum Gasteiger partial charge on any atom is 0.254 e. The van der Waals surface area contributed by atoms with Gasteiger partial charge < -0.3 is 30.3 Å². The van der Waals surface area contributed by atoms with Gasteiger partial charge in [0, 0.05) is 44.1 Å². The Hall–Kier alpha value is -3.30. The van der Waals surface area contributed by atoms with Crippen LogP contribution in [-0.4, -0.2) is 72.4 Å². The maximum absolute atomic E-state index is 13.6. The lowest BCUT2D eigenvalue weighted by Crippen LogP contribution is -2.59. The molecule has 1 aromatic carbocycles. The third-order valence-corrected chi connectivity index (χ3v) is 7.81. The van der Waals surface area contributed by atoms with Crippen LogP contribution in [0.3, 0.4) is 0 Å². The molecule has 0 radical (unpaired) electrons. The molecule has 1 aliphatic carbocycles. The highest BCUT2D eigenvalue weighted by molar-refractivity contribution is 5.95. The second kappa shape index (κ2) is 11.6. The summed E-state index contributed by atoms with van der Waals surface area (Å²) in [6.07, 6.45) is 4.98. The molecule has 2 aliphatic heterocycles. The molecule has 1 saturated heterocycles. The Bertz CT molecular complexity index is 1050. The maximum atomic E-state index is 13.6. The van der Waals surface area contributed by atoms with Gasteiger partial charge in [-0.3, -0.25) is 19.2 Å². The van der Waals surface area contributed by atoms with Crippen molar-refractivity contribution in [2.75, 3.05) is 33.0 Å². The van der Waals surface area contributed by atoms with Gasteiger partial charge in [-0.1, -0.05) is 46.5 Å². The van der Waals surface area contributed by atoms with Gasteiger partial charge in [0.15, 0.2) is 11.5 Å². The minimum atomic E-state index is -0.759. The molecule has 2 fully saturated rings. The number of ether oxygens (including phenoxy) is 2. The zero-order valence-corrected chi connectivity index (χ0v) is 22.7. The number of amides is 4. The van der Waals surface area contributed by atoms with Crippen molar-refractivity contribution in [1.82, 2.24) is 15.1 Å². The van der Waals surface area contributed by atoms with Gasteiger partial charge in [0.05, 0.1) is 0 Å². The molecular weight excluding hydrogens is 488 g/mol. The number of benzene rings is 1. The van der Waals surface area contributed by atoms with Crippen LogP contribution in [0.1, 0.15) is 69.7 Å². The number of nitrogens with zero attached hydrogens (tertiary/aromatic N) is 2. The lowest BCUT2D eigenvalue weighted by atomic mass is 9.84. The summed E-state index contributed by atoms with van der Waals surface area (Å²) in [6, 6.07) is 4.36. The summed E-state index contributed by atoms with van der Waals surface area (Å²) in [4.78, 5) is 55.2. The summed E-state index contributed by atoms with van der Waals surface area (Å²) < 4.78 is 10.7. The number of fused-ring (bicyclic) bond motifs is 1. The Balaban J connectivity index is 1.38. The van der Waals surface area contributed by atoms with Crippen molar-refractivity contribution >= 4 is 23.6 Å². The zero-order chi connectivity index (χ0) is 27.4. The van der Waals surface area contributed by atoms with E-state index in [0.29, 0.717) is 55.6 Å². The zero-order valence-electron chi connectivity index (χ0n) is 22.7. The van der Waals surface area contributed by atoms with E-state index in [1.807, 2.05) is 20.8 Å². The molecule has 0 aromatic heterocycles. The number of carbonyl (C=O) groups is 4. The number of hydrogen-bond donors (Lipinski definition) is 2. The molecular formula is C28H40N4O6. The Morgan fingerprint density at radius 2 is 1.63 bits per heavy atom. The van der Waals surface area contributed by atoms with Crippen molar-refractivity contribution in [3.05, 3.63) is 23.8 Å². The number of piperazine rings is 1. The molecule has 3 aliphatic rings. The van der Waals surface area contributed by atoms with E-state index in [1.165, 1.54) is 0 Å². The minimum absolute atomic E-state index is 0.0198. The minimum Gasteiger partial charge on any atom is -0.454 e. The molecule has 10 nitrogen and oxygen atoms in total. The van der Waals surface area contributed by atoms with Gasteiger partial charge >= 0.3 is 0 Å². The van der Waals surface area contributed by atoms with Crippen LogP contribution >= 0.6 is 0 Å². The SMILES string of the molecule is CC(C)(C)[C@H](NC(=O)C(CC(N)=O)CC1CCCC1)C(=O)N1CCN(C(=O)c2ccc3c(c2)OCO3)CC1. The van der Waals surface area contributed by atoms with Crippen molar-refractivity contribution in [3.8, 4) is 11.5 Å². The first-order chi connectivity index (χ1) is 18.0. The van der Waals surface area contributed by atoms with E-state index in [9.17, 15) is 19.2 Å². The lowest BCUT2D eigenvalue weighted by Gasteiger charge is -2.40. The Morgan fingerprint density at radius 1 is 1.00 bits per heavy atom. The first-order valence-corrected chi connectivity index (χ1v) is 13.6. The average Bonchev–Trinajstić information content (AvgIpc) is 3.56. The van der Waals surface area contributed by atoms with E-state index in [2.05, 4.69) is 5.32 Å². The number of carbonyl (C=O) groups excluding carboxylic acids is 4. The molecule has 1 saturated carbocycles. The van der Waals surface area contributed by atoms with E-state index >= 15 is 0 Å². The summed E-state index contributed by atoms with van der Waals surface area (Å²) >= 11 is 0. The van der Waals surface area contributed by atoms with Crippen molar-refractivity contribution in [2.24, 2.45) is 23.0 Å². The smallest absolute Gasteiger partial charge is 0.254 e. The standard InChI is InChI=1S/C28H40N4O6/c1-28(2,3)24(30-25(34)20(16-23(29)33)14-18-6-4-5-7-18)27(36)32-12-10-31(11-13-32)26(35)19-8-9-21-22(15-19)38-17-37-21/h8-9,15,18,20,24H,4-7,10-14,16-17H2,1-3H3,(H2,29,33)(H,30,34)/t20?,24-/m1/s1. The van der Waals surface area contributed by atoms with E-state index < -0.39 is 23.3 Å². The third-order valence-electron chi connectivity index (χ3n) is 7.81. The van der Waals surface area contributed by atoms with E-state index in [1.54, 1.807) is 28.0 Å². The fourth-order valence-electron chi connectivity index (χ4n) is 5.61. The molecule has 3 N–H and O–H groups in total. The average molecular weight is 529 g/mol. The number of primary amides is 1. The first kappa shape index (κ1) is 27.7. The van der Waals surface area contributed by atoms with Crippen LogP contribution in [0.4, 0.5) is 0 Å². The van der Waals surface area contributed by atoms with Gasteiger partial charge in [0.1, 0.15) is 6.04 Å². The summed E-state index contributed by atoms with van der Waals surface area (Å²) in [7, 11) is 0. The van der Waals surface area contributed by atoms with E-state index in [0.717, 1.165) is 25.7 Å². The van der Waals surface area contributed by atoms with Gasteiger partial charge in [-0.05, 0) is 36.0 Å². The summed E-state index contributed by atoms with van der Waals surface area (Å²) in [5.74, 6) is -0.0687. The second-order valence-electron chi connectivity index (χ2n) is 11.7. The van der Waals surface area contributed by atoms with Gasteiger partial charge in [0.2, 0.25) is 24.5 Å². The van der Waals surface area contributed by atoms with Crippen LogP contribution in [0.2, 0.25) is 0 Å². The van der Waals surface area contributed by atoms with Crippen LogP contribution < -0.4 is 20.5 Å². The Morgan fingerprint density at radius 3 is 2.26 bits per heavy atom.